The van der Waals surface area contributed by atoms with E-state index in [2.05, 4.69) is 11.4 Å². The molecule has 2 aromatic rings. The molecule has 0 saturated heterocycles. The molecule has 2 rings (SSSR count). The van der Waals surface area contributed by atoms with Crippen molar-refractivity contribution in [3.8, 4) is 6.07 Å². The molecule has 0 radical (unpaired) electrons. The molecule has 0 aliphatic carbocycles. The second kappa shape index (κ2) is 6.07. The highest BCUT2D eigenvalue weighted by Gasteiger charge is 2.22. The van der Waals surface area contributed by atoms with Gasteiger partial charge in [-0.15, -0.1) is 22.7 Å². The topological polar surface area (TPSA) is 78.9 Å². The molecule has 6 heteroatoms. The minimum atomic E-state index is -0.132. The Kier molecular flexibility index (Phi) is 4.42. The number of anilines is 2. The van der Waals surface area contributed by atoms with Gasteiger partial charge in [0.2, 0.25) is 0 Å². The van der Waals surface area contributed by atoms with Crippen LogP contribution in [-0.2, 0) is 6.54 Å². The van der Waals surface area contributed by atoms with Crippen molar-refractivity contribution in [1.29, 1.82) is 5.26 Å². The Morgan fingerprint density at radius 1 is 1.55 bits per heavy atom. The first-order valence-corrected chi connectivity index (χ1v) is 7.87. The summed E-state index contributed by atoms with van der Waals surface area (Å²) in [6, 6.07) is 6.07. The Balaban J connectivity index is 2.27. The highest BCUT2D eigenvalue weighted by molar-refractivity contribution is 7.19. The van der Waals surface area contributed by atoms with Gasteiger partial charge in [0.1, 0.15) is 16.6 Å². The summed E-state index contributed by atoms with van der Waals surface area (Å²) in [6.45, 7) is 4.28. The summed E-state index contributed by atoms with van der Waals surface area (Å²) < 4.78 is 0. The average Bonchev–Trinajstić information content (AvgIpc) is 3.03. The Bertz CT molecular complexity index is 651. The molecular formula is C14H15N3OS2. The zero-order chi connectivity index (χ0) is 14.7. The van der Waals surface area contributed by atoms with E-state index in [1.165, 1.54) is 11.3 Å². The van der Waals surface area contributed by atoms with Crippen molar-refractivity contribution in [2.45, 2.75) is 20.4 Å². The van der Waals surface area contributed by atoms with Crippen LogP contribution in [0.2, 0.25) is 0 Å². The van der Waals surface area contributed by atoms with Gasteiger partial charge in [-0.1, -0.05) is 19.9 Å². The van der Waals surface area contributed by atoms with Crippen LogP contribution >= 0.6 is 22.7 Å². The maximum atomic E-state index is 12.1. The normalized spacial score (nSPS) is 10.5. The van der Waals surface area contributed by atoms with E-state index in [4.69, 9.17) is 5.73 Å². The fourth-order valence-electron chi connectivity index (χ4n) is 1.71. The Labute approximate surface area is 125 Å². The minimum Gasteiger partial charge on any atom is -0.396 e. The number of carbonyl (C=O) groups excluding carboxylic acids is 1. The lowest BCUT2D eigenvalue weighted by Gasteiger charge is -2.01. The molecule has 20 heavy (non-hydrogen) atoms. The highest BCUT2D eigenvalue weighted by Crippen LogP contribution is 2.36. The molecular weight excluding hydrogens is 290 g/mol. The largest absolute Gasteiger partial charge is 0.396 e. The lowest BCUT2D eigenvalue weighted by Crippen LogP contribution is -2.07. The third-order valence-electron chi connectivity index (χ3n) is 2.81. The highest BCUT2D eigenvalue weighted by atomic mass is 32.1. The first kappa shape index (κ1) is 14.6. The zero-order valence-electron chi connectivity index (χ0n) is 11.3. The number of Topliss-reactive ketones (excluding diaryl/α,β-unsaturated/α-hetero) is 1. The quantitative estimate of drug-likeness (QED) is 0.825. The molecule has 0 spiro atoms. The van der Waals surface area contributed by atoms with Gasteiger partial charge in [-0.3, -0.25) is 4.79 Å². The van der Waals surface area contributed by atoms with Crippen molar-refractivity contribution < 1.29 is 4.79 Å². The lowest BCUT2D eigenvalue weighted by molar-refractivity contribution is 0.0944. The van der Waals surface area contributed by atoms with Crippen LogP contribution in [-0.4, -0.2) is 5.78 Å². The first-order valence-electron chi connectivity index (χ1n) is 6.17. The molecule has 0 aliphatic heterocycles. The van der Waals surface area contributed by atoms with Crippen LogP contribution in [0.15, 0.2) is 17.5 Å². The SMILES string of the molecule is CC(C)C(=O)c1sc(NCc2cccs2)c(C#N)c1N. The number of hydrogen-bond donors (Lipinski definition) is 2. The molecule has 0 unspecified atom stereocenters. The van der Waals surface area contributed by atoms with Crippen molar-refractivity contribution in [1.82, 2.24) is 0 Å². The number of nitriles is 1. The fraction of sp³-hybridized carbons (Fsp3) is 0.286. The van der Waals surface area contributed by atoms with Gasteiger partial charge in [0.25, 0.3) is 0 Å². The monoisotopic (exact) mass is 305 g/mol. The van der Waals surface area contributed by atoms with Gasteiger partial charge in [-0.05, 0) is 11.4 Å². The van der Waals surface area contributed by atoms with Crippen molar-refractivity contribution in [2.75, 3.05) is 11.1 Å². The molecule has 2 heterocycles. The van der Waals surface area contributed by atoms with E-state index in [0.717, 1.165) is 4.88 Å². The van der Waals surface area contributed by atoms with Crippen LogP contribution < -0.4 is 11.1 Å². The van der Waals surface area contributed by atoms with Gasteiger partial charge < -0.3 is 11.1 Å². The standard InChI is InChI=1S/C14H15N3OS2/c1-8(2)12(18)13-11(16)10(6-15)14(20-13)17-7-9-4-3-5-19-9/h3-5,8,17H,7,16H2,1-2H3. The fourth-order valence-corrected chi connectivity index (χ4v) is 3.50. The van der Waals surface area contributed by atoms with Crippen molar-refractivity contribution in [3.63, 3.8) is 0 Å². The molecule has 4 nitrogen and oxygen atoms in total. The van der Waals surface area contributed by atoms with Gasteiger partial charge >= 0.3 is 0 Å². The predicted molar refractivity (Wildman–Crippen MR) is 84.3 cm³/mol. The maximum absolute atomic E-state index is 12.1. The molecule has 0 fully saturated rings. The lowest BCUT2D eigenvalue weighted by atomic mass is 10.1. The van der Waals surface area contributed by atoms with Crippen LogP contribution in [0.3, 0.4) is 0 Å². The van der Waals surface area contributed by atoms with Crippen LogP contribution in [0.5, 0.6) is 0 Å². The van der Waals surface area contributed by atoms with Gasteiger partial charge in [-0.25, -0.2) is 0 Å². The van der Waals surface area contributed by atoms with E-state index in [9.17, 15) is 10.1 Å². The van der Waals surface area contributed by atoms with Crippen LogP contribution in [0, 0.1) is 17.2 Å². The number of hydrogen-bond acceptors (Lipinski definition) is 6. The number of rotatable bonds is 5. The van der Waals surface area contributed by atoms with Crippen molar-refractivity contribution in [3.05, 3.63) is 32.8 Å². The van der Waals surface area contributed by atoms with E-state index in [-0.39, 0.29) is 11.7 Å². The second-order valence-corrected chi connectivity index (χ2v) is 6.67. The number of nitrogens with two attached hydrogens (primary N) is 1. The van der Waals surface area contributed by atoms with Crippen LogP contribution in [0.4, 0.5) is 10.7 Å². The van der Waals surface area contributed by atoms with Gasteiger partial charge in [-0.2, -0.15) is 5.26 Å². The number of carbonyl (C=O) groups is 1. The summed E-state index contributed by atoms with van der Waals surface area (Å²) >= 11 is 2.90. The third kappa shape index (κ3) is 2.84. The molecule has 0 aromatic carbocycles. The van der Waals surface area contributed by atoms with E-state index < -0.39 is 0 Å². The average molecular weight is 305 g/mol. The predicted octanol–water partition coefficient (Wildman–Crippen LogP) is 3.71. The Morgan fingerprint density at radius 2 is 2.30 bits per heavy atom. The number of nitrogens with zero attached hydrogens (tertiary/aromatic N) is 1. The number of nitrogen functional groups attached to an aromatic ring is 1. The minimum absolute atomic E-state index is 0.0202. The Morgan fingerprint density at radius 3 is 2.85 bits per heavy atom. The summed E-state index contributed by atoms with van der Waals surface area (Å²) in [7, 11) is 0. The number of ketones is 1. The Hall–Kier alpha value is -1.84. The van der Waals surface area contributed by atoms with Crippen LogP contribution in [0.25, 0.3) is 0 Å². The van der Waals surface area contributed by atoms with Gasteiger partial charge in [0.05, 0.1) is 17.1 Å². The summed E-state index contributed by atoms with van der Waals surface area (Å²) in [6.07, 6.45) is 0. The molecule has 104 valence electrons. The zero-order valence-corrected chi connectivity index (χ0v) is 12.9. The molecule has 0 aliphatic rings. The van der Waals surface area contributed by atoms with Crippen molar-refractivity contribution >= 4 is 39.1 Å². The molecule has 0 amide bonds. The molecule has 0 atom stereocenters. The third-order valence-corrected chi connectivity index (χ3v) is 4.86. The summed E-state index contributed by atoms with van der Waals surface area (Å²) in [5, 5.41) is 15.1. The summed E-state index contributed by atoms with van der Waals surface area (Å²) in [4.78, 5) is 13.7. The first-order chi connectivity index (χ1) is 9.54. The number of thiophene rings is 2. The van der Waals surface area contributed by atoms with Gasteiger partial charge in [0.15, 0.2) is 5.78 Å². The van der Waals surface area contributed by atoms with E-state index >= 15 is 0 Å². The van der Waals surface area contributed by atoms with E-state index in [1.807, 2.05) is 31.4 Å². The molecule has 2 aromatic heterocycles. The van der Waals surface area contributed by atoms with Crippen molar-refractivity contribution in [2.24, 2.45) is 5.92 Å². The summed E-state index contributed by atoms with van der Waals surface area (Å²) in [5.74, 6) is -0.152. The maximum Gasteiger partial charge on any atom is 0.177 e. The number of nitrogens with one attached hydrogen (secondary N) is 1. The van der Waals surface area contributed by atoms with Crippen LogP contribution in [0.1, 0.15) is 34.0 Å². The van der Waals surface area contributed by atoms with E-state index in [0.29, 0.717) is 27.7 Å². The summed E-state index contributed by atoms with van der Waals surface area (Å²) in [5.41, 5.74) is 6.60. The van der Waals surface area contributed by atoms with E-state index in [1.54, 1.807) is 11.3 Å². The smallest absolute Gasteiger partial charge is 0.177 e. The molecule has 0 saturated carbocycles. The molecule has 3 N–H and O–H groups in total. The second-order valence-electron chi connectivity index (χ2n) is 4.61. The molecule has 0 bridgehead atoms. The van der Waals surface area contributed by atoms with Gasteiger partial charge in [0, 0.05) is 10.8 Å².